The molecule has 0 aliphatic carbocycles. The van der Waals surface area contributed by atoms with Gasteiger partial charge in [-0.25, -0.2) is 0 Å². The normalized spacial score (nSPS) is 14.9. The van der Waals surface area contributed by atoms with Gasteiger partial charge in [0.25, 0.3) is 0 Å². The van der Waals surface area contributed by atoms with Crippen LogP contribution in [0.1, 0.15) is 11.8 Å². The molecule has 2 aromatic carbocycles. The number of aromatic amines is 1. The van der Waals surface area contributed by atoms with E-state index in [1.54, 1.807) is 6.20 Å². The molecule has 4 aromatic rings. The Morgan fingerprint density at radius 2 is 1.97 bits per heavy atom. The summed E-state index contributed by atoms with van der Waals surface area (Å²) in [4.78, 5) is 4.56. The van der Waals surface area contributed by atoms with Crippen molar-refractivity contribution in [1.82, 2.24) is 25.4 Å². The van der Waals surface area contributed by atoms with E-state index in [0.717, 1.165) is 32.5 Å². The molecule has 0 amide bonds. The van der Waals surface area contributed by atoms with Gasteiger partial charge in [0, 0.05) is 21.3 Å². The predicted molar refractivity (Wildman–Crippen MR) is 116 cm³/mol. The van der Waals surface area contributed by atoms with Gasteiger partial charge in [0.1, 0.15) is 0 Å². The summed E-state index contributed by atoms with van der Waals surface area (Å²) in [6, 6.07) is 16.0. The zero-order valence-electron chi connectivity index (χ0n) is 15.3. The number of ether oxygens (including phenoxy) is 1. The zero-order valence-corrected chi connectivity index (χ0v) is 17.7. The van der Waals surface area contributed by atoms with Gasteiger partial charge in [-0.1, -0.05) is 58.0 Å². The molecule has 5 rings (SSSR count). The summed E-state index contributed by atoms with van der Waals surface area (Å²) in [5, 5.41) is 19.9. The largest absolute Gasteiger partial charge is 0.448 e. The second kappa shape index (κ2) is 7.49. The average Bonchev–Trinajstić information content (AvgIpc) is 3.19. The number of rotatable bonds is 3. The van der Waals surface area contributed by atoms with Crippen LogP contribution in [0.3, 0.4) is 0 Å². The molecule has 9 heteroatoms. The first-order valence-corrected chi connectivity index (χ1v) is 10.8. The van der Waals surface area contributed by atoms with Gasteiger partial charge in [-0.3, -0.25) is 5.10 Å². The molecule has 0 saturated carbocycles. The minimum absolute atomic E-state index is 0.430. The number of benzene rings is 2. The molecule has 3 heterocycles. The molecule has 2 N–H and O–H groups in total. The van der Waals surface area contributed by atoms with Crippen LogP contribution in [-0.2, 0) is 0 Å². The first-order chi connectivity index (χ1) is 14.2. The van der Waals surface area contributed by atoms with E-state index in [4.69, 9.17) is 4.74 Å². The van der Waals surface area contributed by atoms with Gasteiger partial charge < -0.3 is 10.1 Å². The lowest BCUT2D eigenvalue weighted by Gasteiger charge is -2.19. The molecule has 0 radical (unpaired) electrons. The second-order valence-electron chi connectivity index (χ2n) is 6.35. The number of hydrogen-bond acceptors (Lipinski definition) is 7. The van der Waals surface area contributed by atoms with Crippen LogP contribution in [0.5, 0.6) is 5.88 Å². The molecular formula is C20H15BrN6OS. The third-order valence-electron chi connectivity index (χ3n) is 4.58. The lowest BCUT2D eigenvalue weighted by atomic mass is 10.1. The van der Waals surface area contributed by atoms with Crippen molar-refractivity contribution in [2.75, 3.05) is 11.6 Å². The van der Waals surface area contributed by atoms with E-state index >= 15 is 0 Å². The van der Waals surface area contributed by atoms with Crippen LogP contribution in [0.15, 0.2) is 64.4 Å². The minimum atomic E-state index is -0.503. The molecule has 2 aromatic heterocycles. The second-order valence-corrected chi connectivity index (χ2v) is 8.04. The van der Waals surface area contributed by atoms with Crippen LogP contribution in [0.25, 0.3) is 22.5 Å². The highest BCUT2D eigenvalue weighted by Gasteiger charge is 2.28. The summed E-state index contributed by atoms with van der Waals surface area (Å²) in [6.07, 6.45) is 3.17. The molecule has 0 spiro atoms. The fourth-order valence-electron chi connectivity index (χ4n) is 3.23. The Hall–Kier alpha value is -2.91. The lowest BCUT2D eigenvalue weighted by molar-refractivity contribution is 0.226. The maximum atomic E-state index is 6.31. The standard InChI is InChI=1S/C20H15BrN6OS/c1-29-20-24-19-17(26-27-20)13-9-12(21)7-8-15(13)23-18(28-19)14-10-22-25-16(14)11-5-3-2-4-6-11/h2-10,18,23H,1H3,(H,22,25)/t18-/m0/s1. The number of nitrogens with zero attached hydrogens (tertiary/aromatic N) is 4. The number of halogens is 1. The van der Waals surface area contributed by atoms with E-state index < -0.39 is 6.23 Å². The third kappa shape index (κ3) is 3.36. The van der Waals surface area contributed by atoms with Gasteiger partial charge in [-0.05, 0) is 24.5 Å². The maximum Gasteiger partial charge on any atom is 0.247 e. The molecule has 1 atom stereocenters. The van der Waals surface area contributed by atoms with Crippen LogP contribution in [0.2, 0.25) is 0 Å². The fourth-order valence-corrected chi connectivity index (χ4v) is 3.89. The topological polar surface area (TPSA) is 88.6 Å². The Morgan fingerprint density at radius 1 is 1.10 bits per heavy atom. The Kier molecular flexibility index (Phi) is 4.69. The molecule has 0 fully saturated rings. The van der Waals surface area contributed by atoms with Crippen molar-refractivity contribution in [1.29, 1.82) is 0 Å². The molecular weight excluding hydrogens is 452 g/mol. The highest BCUT2D eigenvalue weighted by molar-refractivity contribution is 9.10. The van der Waals surface area contributed by atoms with Gasteiger partial charge >= 0.3 is 0 Å². The number of nitrogens with one attached hydrogen (secondary N) is 2. The van der Waals surface area contributed by atoms with Crippen LogP contribution in [0.4, 0.5) is 5.69 Å². The van der Waals surface area contributed by atoms with Gasteiger partial charge in [-0.2, -0.15) is 10.1 Å². The van der Waals surface area contributed by atoms with Crippen LogP contribution in [0, 0.1) is 0 Å². The first-order valence-electron chi connectivity index (χ1n) is 8.83. The number of aromatic nitrogens is 5. The van der Waals surface area contributed by atoms with Crippen LogP contribution in [-0.4, -0.2) is 31.6 Å². The average molecular weight is 467 g/mol. The van der Waals surface area contributed by atoms with Crippen molar-refractivity contribution in [2.24, 2.45) is 0 Å². The Bertz CT molecular complexity index is 1180. The van der Waals surface area contributed by atoms with E-state index in [1.807, 2.05) is 54.8 Å². The molecule has 144 valence electrons. The third-order valence-corrected chi connectivity index (χ3v) is 5.62. The number of hydrogen-bond donors (Lipinski definition) is 2. The first kappa shape index (κ1) is 18.1. The molecule has 0 bridgehead atoms. The lowest BCUT2D eigenvalue weighted by Crippen LogP contribution is -2.17. The molecule has 0 saturated heterocycles. The summed E-state index contributed by atoms with van der Waals surface area (Å²) < 4.78 is 7.25. The molecule has 1 aliphatic heterocycles. The van der Waals surface area contributed by atoms with Gasteiger partial charge in [0.2, 0.25) is 17.3 Å². The quantitative estimate of drug-likeness (QED) is 0.414. The summed E-state index contributed by atoms with van der Waals surface area (Å²) in [6.45, 7) is 0. The summed E-state index contributed by atoms with van der Waals surface area (Å²) in [7, 11) is 0. The summed E-state index contributed by atoms with van der Waals surface area (Å²) >= 11 is 4.95. The van der Waals surface area contributed by atoms with E-state index in [0.29, 0.717) is 16.7 Å². The van der Waals surface area contributed by atoms with Crippen LogP contribution < -0.4 is 10.1 Å². The number of anilines is 1. The zero-order chi connectivity index (χ0) is 19.8. The number of fused-ring (bicyclic) bond motifs is 3. The van der Waals surface area contributed by atoms with E-state index in [-0.39, 0.29) is 0 Å². The van der Waals surface area contributed by atoms with Crippen molar-refractivity contribution >= 4 is 33.4 Å². The molecule has 1 aliphatic rings. The van der Waals surface area contributed by atoms with Crippen molar-refractivity contribution in [2.45, 2.75) is 11.4 Å². The summed E-state index contributed by atoms with van der Waals surface area (Å²) in [5.41, 5.74) is 5.13. The van der Waals surface area contributed by atoms with E-state index in [1.165, 1.54) is 11.8 Å². The number of H-pyrrole nitrogens is 1. The Labute approximate surface area is 179 Å². The highest BCUT2D eigenvalue weighted by atomic mass is 79.9. The monoisotopic (exact) mass is 466 g/mol. The summed E-state index contributed by atoms with van der Waals surface area (Å²) in [5.74, 6) is 0.430. The van der Waals surface area contributed by atoms with Crippen LogP contribution >= 0.6 is 27.7 Å². The van der Waals surface area contributed by atoms with Crippen molar-refractivity contribution in [3.63, 3.8) is 0 Å². The molecule has 0 unspecified atom stereocenters. The maximum absolute atomic E-state index is 6.31. The van der Waals surface area contributed by atoms with Crippen molar-refractivity contribution in [3.8, 4) is 28.4 Å². The predicted octanol–water partition coefficient (Wildman–Crippen LogP) is 4.92. The molecule has 29 heavy (non-hydrogen) atoms. The van der Waals surface area contributed by atoms with Gasteiger partial charge in [0.15, 0.2) is 5.69 Å². The highest BCUT2D eigenvalue weighted by Crippen LogP contribution is 2.41. The van der Waals surface area contributed by atoms with Crippen molar-refractivity contribution in [3.05, 3.63) is 64.8 Å². The SMILES string of the molecule is CSc1nnc2c(n1)O[C@@H](c1cn[nH]c1-c1ccccc1)Nc1ccc(Br)cc1-2. The van der Waals surface area contributed by atoms with E-state index in [2.05, 4.69) is 46.6 Å². The van der Waals surface area contributed by atoms with E-state index in [9.17, 15) is 0 Å². The smallest absolute Gasteiger partial charge is 0.247 e. The number of thioether (sulfide) groups is 1. The van der Waals surface area contributed by atoms with Gasteiger partial charge in [-0.15, -0.1) is 10.2 Å². The Balaban J connectivity index is 1.66. The molecule has 7 nitrogen and oxygen atoms in total. The van der Waals surface area contributed by atoms with Crippen molar-refractivity contribution < 1.29 is 4.74 Å². The Morgan fingerprint density at radius 3 is 2.79 bits per heavy atom. The van der Waals surface area contributed by atoms with Gasteiger partial charge in [0.05, 0.1) is 17.5 Å². The fraction of sp³-hybridized carbons (Fsp3) is 0.100. The minimum Gasteiger partial charge on any atom is -0.448 e.